The van der Waals surface area contributed by atoms with Crippen LogP contribution in [0.3, 0.4) is 0 Å². The van der Waals surface area contributed by atoms with Crippen LogP contribution in [0.15, 0.2) is 83.8 Å². The first-order chi connectivity index (χ1) is 19.6. The number of anilines is 1. The zero-order valence-corrected chi connectivity index (χ0v) is 24.3. The average molecular weight is 581 g/mol. The molecule has 0 radical (unpaired) electrons. The zero-order chi connectivity index (χ0) is 30.0. The molecule has 10 nitrogen and oxygen atoms in total. The summed E-state index contributed by atoms with van der Waals surface area (Å²) in [6.07, 6.45) is 1.97. The topological polar surface area (TPSA) is 130 Å². The third-order valence-electron chi connectivity index (χ3n) is 6.76. The van der Waals surface area contributed by atoms with Gasteiger partial charge in [0.1, 0.15) is 12.6 Å². The predicted octanol–water partition coefficient (Wildman–Crippen LogP) is 4.82. The number of carbonyl (C=O) groups is 2. The first-order valence-electron chi connectivity index (χ1n) is 13.5. The number of nitrogens with zero attached hydrogens (tertiary/aromatic N) is 3. The molecule has 0 aliphatic rings. The highest BCUT2D eigenvalue weighted by Crippen LogP contribution is 2.28. The number of nitro benzene ring substituents is 1. The number of sulfonamides is 1. The lowest BCUT2D eigenvalue weighted by atomic mass is 10.1. The van der Waals surface area contributed by atoms with E-state index in [1.807, 2.05) is 38.1 Å². The van der Waals surface area contributed by atoms with Crippen molar-refractivity contribution in [2.45, 2.75) is 57.5 Å². The number of benzene rings is 3. The van der Waals surface area contributed by atoms with E-state index < -0.39 is 33.4 Å². The number of nitro groups is 1. The van der Waals surface area contributed by atoms with Gasteiger partial charge in [-0.25, -0.2) is 8.42 Å². The summed E-state index contributed by atoms with van der Waals surface area (Å²) >= 11 is 0. The predicted molar refractivity (Wildman–Crippen MR) is 158 cm³/mol. The van der Waals surface area contributed by atoms with Crippen LogP contribution < -0.4 is 9.62 Å². The van der Waals surface area contributed by atoms with Crippen molar-refractivity contribution in [3.05, 3.63) is 100 Å². The van der Waals surface area contributed by atoms with Gasteiger partial charge in [0, 0.05) is 25.2 Å². The highest BCUT2D eigenvalue weighted by Gasteiger charge is 2.34. The number of aryl methyl sites for hydroxylation is 1. The van der Waals surface area contributed by atoms with Crippen LogP contribution in [0, 0.1) is 17.0 Å². The van der Waals surface area contributed by atoms with Gasteiger partial charge in [0.05, 0.1) is 15.5 Å². The molecule has 0 saturated heterocycles. The SMILES string of the molecule is CCCCNC(=O)C(CC)N(Cc1ccccc1C)C(=O)CN(c1cccc([N+](=O)[O-])c1)S(=O)(=O)c1ccccc1. The van der Waals surface area contributed by atoms with Gasteiger partial charge in [0.2, 0.25) is 11.8 Å². The van der Waals surface area contributed by atoms with Crippen LogP contribution in [0.1, 0.15) is 44.2 Å². The normalized spacial score (nSPS) is 11.9. The van der Waals surface area contributed by atoms with Gasteiger partial charge >= 0.3 is 0 Å². The summed E-state index contributed by atoms with van der Waals surface area (Å²) in [5, 5.41) is 14.4. The monoisotopic (exact) mass is 580 g/mol. The molecule has 218 valence electrons. The lowest BCUT2D eigenvalue weighted by molar-refractivity contribution is -0.384. The Balaban J connectivity index is 2.08. The van der Waals surface area contributed by atoms with Gasteiger partial charge < -0.3 is 10.2 Å². The third kappa shape index (κ3) is 7.91. The van der Waals surface area contributed by atoms with Gasteiger partial charge in [-0.15, -0.1) is 0 Å². The van der Waals surface area contributed by atoms with Gasteiger partial charge in [-0.1, -0.05) is 68.8 Å². The van der Waals surface area contributed by atoms with Crippen LogP contribution >= 0.6 is 0 Å². The van der Waals surface area contributed by atoms with Crippen LogP contribution in [0.5, 0.6) is 0 Å². The highest BCUT2D eigenvalue weighted by molar-refractivity contribution is 7.92. The lowest BCUT2D eigenvalue weighted by Crippen LogP contribution is -2.52. The average Bonchev–Trinajstić information content (AvgIpc) is 2.97. The molecule has 11 heteroatoms. The Hall–Kier alpha value is -4.25. The van der Waals surface area contributed by atoms with E-state index in [1.165, 1.54) is 35.2 Å². The second-order valence-electron chi connectivity index (χ2n) is 9.62. The number of rotatable bonds is 14. The fourth-order valence-electron chi connectivity index (χ4n) is 4.41. The number of non-ortho nitro benzene ring substituents is 1. The quantitative estimate of drug-likeness (QED) is 0.165. The maximum Gasteiger partial charge on any atom is 0.271 e. The molecule has 3 rings (SSSR count). The number of unbranched alkanes of at least 4 members (excludes halogenated alkanes) is 1. The summed E-state index contributed by atoms with van der Waals surface area (Å²) in [6.45, 7) is 5.58. The molecule has 0 heterocycles. The van der Waals surface area contributed by atoms with Crippen molar-refractivity contribution < 1.29 is 22.9 Å². The molecule has 0 aliphatic heterocycles. The summed E-state index contributed by atoms with van der Waals surface area (Å²) in [6, 6.07) is 19.3. The van der Waals surface area contributed by atoms with Gasteiger partial charge in [0.15, 0.2) is 0 Å². The molecule has 41 heavy (non-hydrogen) atoms. The van der Waals surface area contributed by atoms with Gasteiger partial charge in [-0.3, -0.25) is 24.0 Å². The molecule has 2 amide bonds. The zero-order valence-electron chi connectivity index (χ0n) is 23.5. The molecule has 1 N–H and O–H groups in total. The van der Waals surface area contributed by atoms with E-state index in [-0.39, 0.29) is 28.7 Å². The minimum atomic E-state index is -4.31. The van der Waals surface area contributed by atoms with Crippen molar-refractivity contribution in [2.24, 2.45) is 0 Å². The lowest BCUT2D eigenvalue weighted by Gasteiger charge is -2.33. The van der Waals surface area contributed by atoms with Crippen LogP contribution in [0.2, 0.25) is 0 Å². The van der Waals surface area contributed by atoms with Gasteiger partial charge in [-0.05, 0) is 49.1 Å². The summed E-state index contributed by atoms with van der Waals surface area (Å²) in [7, 11) is -4.31. The maximum absolute atomic E-state index is 14.1. The summed E-state index contributed by atoms with van der Waals surface area (Å²) < 4.78 is 28.5. The molecule has 0 saturated carbocycles. The van der Waals surface area contributed by atoms with Crippen LogP contribution in [0.25, 0.3) is 0 Å². The summed E-state index contributed by atoms with van der Waals surface area (Å²) in [5.41, 5.74) is 1.38. The maximum atomic E-state index is 14.1. The second kappa shape index (κ2) is 14.4. The first kappa shape index (κ1) is 31.3. The number of hydrogen-bond donors (Lipinski definition) is 1. The first-order valence-corrected chi connectivity index (χ1v) is 15.0. The second-order valence-corrected chi connectivity index (χ2v) is 11.5. The van der Waals surface area contributed by atoms with E-state index in [4.69, 9.17) is 0 Å². The number of hydrogen-bond acceptors (Lipinski definition) is 6. The Morgan fingerprint density at radius 3 is 2.29 bits per heavy atom. The molecule has 0 spiro atoms. The van der Waals surface area contributed by atoms with Crippen molar-refractivity contribution >= 4 is 33.2 Å². The van der Waals surface area contributed by atoms with Crippen molar-refractivity contribution in [2.75, 3.05) is 17.4 Å². The van der Waals surface area contributed by atoms with E-state index in [0.29, 0.717) is 13.0 Å². The third-order valence-corrected chi connectivity index (χ3v) is 8.54. The van der Waals surface area contributed by atoms with Crippen molar-refractivity contribution in [1.29, 1.82) is 0 Å². The number of amides is 2. The summed E-state index contributed by atoms with van der Waals surface area (Å²) in [4.78, 5) is 39.5. The Labute approximate surface area is 241 Å². The van der Waals surface area contributed by atoms with Crippen LogP contribution in [0.4, 0.5) is 11.4 Å². The van der Waals surface area contributed by atoms with Crippen molar-refractivity contribution in [3.8, 4) is 0 Å². The largest absolute Gasteiger partial charge is 0.354 e. The van der Waals surface area contributed by atoms with E-state index in [0.717, 1.165) is 34.3 Å². The minimum absolute atomic E-state index is 0.0345. The van der Waals surface area contributed by atoms with E-state index in [1.54, 1.807) is 25.1 Å². The molecule has 1 unspecified atom stereocenters. The van der Waals surface area contributed by atoms with Crippen molar-refractivity contribution in [3.63, 3.8) is 0 Å². The fourth-order valence-corrected chi connectivity index (χ4v) is 5.83. The molecule has 0 aromatic heterocycles. The van der Waals surface area contributed by atoms with E-state index in [9.17, 15) is 28.1 Å². The molecular formula is C30H36N4O6S. The van der Waals surface area contributed by atoms with Gasteiger partial charge in [-0.2, -0.15) is 0 Å². The molecular weight excluding hydrogens is 544 g/mol. The van der Waals surface area contributed by atoms with E-state index in [2.05, 4.69) is 5.32 Å². The Morgan fingerprint density at radius 2 is 1.66 bits per heavy atom. The van der Waals surface area contributed by atoms with Gasteiger partial charge in [0.25, 0.3) is 15.7 Å². The molecule has 1 atom stereocenters. The Morgan fingerprint density at radius 1 is 0.976 bits per heavy atom. The van der Waals surface area contributed by atoms with Crippen molar-refractivity contribution in [1.82, 2.24) is 10.2 Å². The molecule has 0 aliphatic carbocycles. The molecule has 0 fully saturated rings. The molecule has 3 aromatic rings. The fraction of sp³-hybridized carbons (Fsp3) is 0.333. The van der Waals surface area contributed by atoms with Crippen LogP contribution in [-0.2, 0) is 26.2 Å². The van der Waals surface area contributed by atoms with Crippen LogP contribution in [-0.4, -0.2) is 49.2 Å². The highest BCUT2D eigenvalue weighted by atomic mass is 32.2. The summed E-state index contributed by atoms with van der Waals surface area (Å²) in [5.74, 6) is -0.938. The molecule has 3 aromatic carbocycles. The standard InChI is InChI=1S/C30H36N4O6S/c1-4-6-19-31-30(36)28(5-2)32(21-24-14-11-10-13-23(24)3)29(35)22-33(25-15-12-16-26(20-25)34(37)38)41(39,40)27-17-8-7-9-18-27/h7-18,20,28H,4-6,19,21-22H2,1-3H3,(H,31,36). The smallest absolute Gasteiger partial charge is 0.271 e. The Kier molecular flexibility index (Phi) is 11.0. The minimum Gasteiger partial charge on any atom is -0.354 e. The Bertz CT molecular complexity index is 1460. The number of carbonyl (C=O) groups excluding carboxylic acids is 2. The van der Waals surface area contributed by atoms with E-state index >= 15 is 0 Å². The molecule has 0 bridgehead atoms. The number of nitrogens with one attached hydrogen (secondary N) is 1.